The summed E-state index contributed by atoms with van der Waals surface area (Å²) in [4.78, 5) is 2.44. The molecule has 0 aliphatic heterocycles. The molecule has 0 radical (unpaired) electrons. The summed E-state index contributed by atoms with van der Waals surface area (Å²) in [7, 11) is 2.21. The van der Waals surface area contributed by atoms with Gasteiger partial charge in [0.2, 0.25) is 0 Å². The first-order valence-corrected chi connectivity index (χ1v) is 6.94. The highest BCUT2D eigenvalue weighted by Crippen LogP contribution is 2.09. The van der Waals surface area contributed by atoms with Crippen molar-refractivity contribution < 1.29 is 0 Å². The monoisotopic (exact) mass is 218 g/mol. The lowest BCUT2D eigenvalue weighted by atomic mass is 10.0. The van der Waals surface area contributed by atoms with Gasteiger partial charge in [-0.15, -0.1) is 0 Å². The molecule has 0 spiro atoms. The second-order valence-electron chi connectivity index (χ2n) is 4.08. The van der Waals surface area contributed by atoms with Gasteiger partial charge in [-0.2, -0.15) is 11.8 Å². The molecule has 0 aliphatic rings. The van der Waals surface area contributed by atoms with Crippen molar-refractivity contribution in [2.45, 2.75) is 32.7 Å². The molecule has 2 nitrogen and oxygen atoms in total. The lowest BCUT2D eigenvalue weighted by molar-refractivity contribution is 0.253. The quantitative estimate of drug-likeness (QED) is 0.676. The van der Waals surface area contributed by atoms with Gasteiger partial charge in [0.25, 0.3) is 0 Å². The minimum Gasteiger partial charge on any atom is -0.330 e. The molecule has 0 saturated carbocycles. The van der Waals surface area contributed by atoms with E-state index in [1.165, 1.54) is 25.1 Å². The molecular weight excluding hydrogens is 192 g/mol. The van der Waals surface area contributed by atoms with Crippen LogP contribution in [-0.2, 0) is 0 Å². The molecule has 0 aromatic carbocycles. The highest BCUT2D eigenvalue weighted by atomic mass is 32.2. The Balaban J connectivity index is 3.65. The van der Waals surface area contributed by atoms with Crippen LogP contribution in [-0.4, -0.2) is 43.1 Å². The van der Waals surface area contributed by atoms with Gasteiger partial charge in [-0.25, -0.2) is 0 Å². The van der Waals surface area contributed by atoms with Crippen molar-refractivity contribution in [3.8, 4) is 0 Å². The van der Waals surface area contributed by atoms with Crippen LogP contribution in [0, 0.1) is 5.92 Å². The fourth-order valence-corrected chi connectivity index (χ4v) is 2.20. The van der Waals surface area contributed by atoms with Crippen molar-refractivity contribution in [2.75, 3.05) is 32.1 Å². The Hall–Kier alpha value is 0.270. The Labute approximate surface area is 93.6 Å². The van der Waals surface area contributed by atoms with Crippen molar-refractivity contribution in [1.29, 1.82) is 0 Å². The predicted octanol–water partition coefficient (Wildman–Crippen LogP) is 2.04. The van der Waals surface area contributed by atoms with E-state index in [-0.39, 0.29) is 0 Å². The zero-order valence-corrected chi connectivity index (χ0v) is 10.9. The Morgan fingerprint density at radius 2 is 2.07 bits per heavy atom. The molecule has 0 amide bonds. The fourth-order valence-electron chi connectivity index (χ4n) is 1.46. The van der Waals surface area contributed by atoms with Gasteiger partial charge in [0, 0.05) is 11.8 Å². The van der Waals surface area contributed by atoms with Gasteiger partial charge in [-0.3, -0.25) is 0 Å². The highest BCUT2D eigenvalue weighted by molar-refractivity contribution is 7.98. The zero-order chi connectivity index (χ0) is 11.0. The number of rotatable bonds is 8. The van der Waals surface area contributed by atoms with Gasteiger partial charge in [0.15, 0.2) is 0 Å². The van der Waals surface area contributed by atoms with Gasteiger partial charge in [0.05, 0.1) is 0 Å². The molecule has 14 heavy (non-hydrogen) atoms. The summed E-state index contributed by atoms with van der Waals surface area (Å²) < 4.78 is 0. The van der Waals surface area contributed by atoms with Crippen molar-refractivity contribution in [3.05, 3.63) is 0 Å². The summed E-state index contributed by atoms with van der Waals surface area (Å²) in [5, 5.41) is 0. The van der Waals surface area contributed by atoms with Crippen LogP contribution in [0.15, 0.2) is 0 Å². The van der Waals surface area contributed by atoms with Gasteiger partial charge in [-0.05, 0) is 45.7 Å². The van der Waals surface area contributed by atoms with Gasteiger partial charge in [0.1, 0.15) is 0 Å². The van der Waals surface area contributed by atoms with E-state index < -0.39 is 0 Å². The topological polar surface area (TPSA) is 29.3 Å². The average Bonchev–Trinajstić information content (AvgIpc) is 2.19. The van der Waals surface area contributed by atoms with E-state index >= 15 is 0 Å². The number of nitrogens with zero attached hydrogens (tertiary/aromatic N) is 1. The molecule has 0 saturated heterocycles. The van der Waals surface area contributed by atoms with Crippen LogP contribution in [0.4, 0.5) is 0 Å². The minimum atomic E-state index is 0.681. The van der Waals surface area contributed by atoms with Crippen LogP contribution in [0.5, 0.6) is 0 Å². The minimum absolute atomic E-state index is 0.681. The maximum Gasteiger partial charge on any atom is 0.0154 e. The van der Waals surface area contributed by atoms with E-state index in [2.05, 4.69) is 32.1 Å². The summed E-state index contributed by atoms with van der Waals surface area (Å²) in [5.41, 5.74) is 5.68. The number of nitrogens with two attached hydrogens (primary N) is 1. The summed E-state index contributed by atoms with van der Waals surface area (Å²) in [5.74, 6) is 1.93. The molecule has 0 fully saturated rings. The van der Waals surface area contributed by atoms with E-state index in [9.17, 15) is 0 Å². The third kappa shape index (κ3) is 5.89. The average molecular weight is 218 g/mol. The normalized spacial score (nSPS) is 15.9. The molecule has 2 unspecified atom stereocenters. The van der Waals surface area contributed by atoms with E-state index in [0.717, 1.165) is 6.54 Å². The standard InChI is InChI=1S/C11H26N2S/c1-5-11(8-12)6-7-13(3)10(2)9-14-4/h10-11H,5-9,12H2,1-4H3. The van der Waals surface area contributed by atoms with Crippen LogP contribution in [0.1, 0.15) is 26.7 Å². The molecular formula is C11H26N2S. The molecule has 2 N–H and O–H groups in total. The van der Waals surface area contributed by atoms with Crippen LogP contribution < -0.4 is 5.73 Å². The van der Waals surface area contributed by atoms with Gasteiger partial charge in [-0.1, -0.05) is 13.3 Å². The Kier molecular flexibility index (Phi) is 8.73. The maximum atomic E-state index is 5.68. The van der Waals surface area contributed by atoms with Gasteiger partial charge >= 0.3 is 0 Å². The number of hydrogen-bond donors (Lipinski definition) is 1. The van der Waals surface area contributed by atoms with Crippen LogP contribution in [0.25, 0.3) is 0 Å². The summed E-state index contributed by atoms with van der Waals surface area (Å²) in [6, 6.07) is 0.681. The number of thioether (sulfide) groups is 1. The van der Waals surface area contributed by atoms with E-state index in [1.807, 2.05) is 11.8 Å². The second kappa shape index (κ2) is 8.57. The molecule has 0 aliphatic carbocycles. The zero-order valence-electron chi connectivity index (χ0n) is 10.1. The lowest BCUT2D eigenvalue weighted by Gasteiger charge is -2.25. The van der Waals surface area contributed by atoms with Crippen LogP contribution in [0.3, 0.4) is 0 Å². The van der Waals surface area contributed by atoms with E-state index in [4.69, 9.17) is 5.73 Å². The summed E-state index contributed by atoms with van der Waals surface area (Å²) >= 11 is 1.92. The molecule has 86 valence electrons. The summed E-state index contributed by atoms with van der Waals surface area (Å²) in [6.07, 6.45) is 4.61. The molecule has 0 rings (SSSR count). The smallest absolute Gasteiger partial charge is 0.0154 e. The Bertz CT molecular complexity index is 126. The molecule has 0 bridgehead atoms. The fraction of sp³-hybridized carbons (Fsp3) is 1.00. The third-order valence-corrected chi connectivity index (χ3v) is 3.78. The Morgan fingerprint density at radius 3 is 2.50 bits per heavy atom. The number of hydrogen-bond acceptors (Lipinski definition) is 3. The van der Waals surface area contributed by atoms with E-state index in [1.54, 1.807) is 0 Å². The maximum absolute atomic E-state index is 5.68. The van der Waals surface area contributed by atoms with Crippen molar-refractivity contribution in [1.82, 2.24) is 4.90 Å². The lowest BCUT2D eigenvalue weighted by Crippen LogP contribution is -2.33. The van der Waals surface area contributed by atoms with E-state index in [0.29, 0.717) is 12.0 Å². The second-order valence-corrected chi connectivity index (χ2v) is 4.99. The van der Waals surface area contributed by atoms with Crippen molar-refractivity contribution >= 4 is 11.8 Å². The largest absolute Gasteiger partial charge is 0.330 e. The van der Waals surface area contributed by atoms with Gasteiger partial charge < -0.3 is 10.6 Å². The SMILES string of the molecule is CCC(CN)CCN(C)C(C)CSC. The first kappa shape index (κ1) is 14.3. The third-order valence-electron chi connectivity index (χ3n) is 2.96. The van der Waals surface area contributed by atoms with Crippen LogP contribution in [0.2, 0.25) is 0 Å². The Morgan fingerprint density at radius 1 is 1.43 bits per heavy atom. The van der Waals surface area contributed by atoms with Crippen molar-refractivity contribution in [2.24, 2.45) is 11.7 Å². The summed E-state index contributed by atoms with van der Waals surface area (Å²) in [6.45, 7) is 6.53. The van der Waals surface area contributed by atoms with Crippen molar-refractivity contribution in [3.63, 3.8) is 0 Å². The molecule has 0 heterocycles. The molecule has 2 atom stereocenters. The molecule has 0 aromatic rings. The first-order valence-electron chi connectivity index (χ1n) is 5.54. The van der Waals surface area contributed by atoms with Crippen LogP contribution >= 0.6 is 11.8 Å². The molecule has 3 heteroatoms. The predicted molar refractivity (Wildman–Crippen MR) is 67.9 cm³/mol. The highest BCUT2D eigenvalue weighted by Gasteiger charge is 2.10. The molecule has 0 aromatic heterocycles. The first-order chi connectivity index (χ1) is 6.65.